The quantitative estimate of drug-likeness (QED) is 0.684. The molecule has 0 atom stereocenters. The van der Waals surface area contributed by atoms with Gasteiger partial charge in [-0.15, -0.1) is 0 Å². The Labute approximate surface area is 111 Å². The number of phenols is 2. The summed E-state index contributed by atoms with van der Waals surface area (Å²) in [4.78, 5) is 24.9. The van der Waals surface area contributed by atoms with Crippen molar-refractivity contribution in [2.24, 2.45) is 0 Å². The topological polar surface area (TPSA) is 89.9 Å². The first kappa shape index (κ1) is 14.8. The number of rotatable bonds is 5. The van der Waals surface area contributed by atoms with Gasteiger partial charge in [0.15, 0.2) is 0 Å². The number of carbonyl (C=O) groups excluding carboxylic acids is 2. The highest BCUT2D eigenvalue weighted by molar-refractivity contribution is 5.99. The second kappa shape index (κ2) is 6.63. The molecule has 0 heterocycles. The lowest BCUT2D eigenvalue weighted by Gasteiger charge is -2.20. The van der Waals surface area contributed by atoms with E-state index >= 15 is 0 Å². The summed E-state index contributed by atoms with van der Waals surface area (Å²) in [6.07, 6.45) is 0. The summed E-state index contributed by atoms with van der Waals surface area (Å²) in [7, 11) is 0. The third-order valence-electron chi connectivity index (χ3n) is 2.59. The van der Waals surface area contributed by atoms with Crippen molar-refractivity contribution in [1.82, 2.24) is 10.2 Å². The van der Waals surface area contributed by atoms with Gasteiger partial charge in [0.25, 0.3) is 5.91 Å². The molecule has 0 unspecified atom stereocenters. The van der Waals surface area contributed by atoms with Crippen molar-refractivity contribution in [3.05, 3.63) is 23.8 Å². The highest BCUT2D eigenvalue weighted by atomic mass is 16.3. The monoisotopic (exact) mass is 266 g/mol. The maximum atomic E-state index is 12.2. The smallest absolute Gasteiger partial charge is 0.258 e. The maximum absolute atomic E-state index is 12.2. The first-order chi connectivity index (χ1) is 8.99. The zero-order valence-electron chi connectivity index (χ0n) is 11.0. The van der Waals surface area contributed by atoms with Gasteiger partial charge in [-0.25, -0.2) is 0 Å². The molecule has 1 aromatic carbocycles. The Morgan fingerprint density at radius 2 is 1.95 bits per heavy atom. The molecule has 1 aromatic rings. The number of nitrogens with zero attached hydrogens (tertiary/aromatic N) is 1. The second-order valence-electron chi connectivity index (χ2n) is 3.97. The van der Waals surface area contributed by atoms with Gasteiger partial charge >= 0.3 is 0 Å². The molecule has 104 valence electrons. The van der Waals surface area contributed by atoms with Crippen molar-refractivity contribution in [1.29, 1.82) is 0 Å². The van der Waals surface area contributed by atoms with Crippen LogP contribution >= 0.6 is 0 Å². The number of likely N-dealkylation sites (N-methyl/N-ethyl adjacent to an activating group) is 2. The number of amides is 2. The summed E-state index contributed by atoms with van der Waals surface area (Å²) in [5.41, 5.74) is -0.0221. The molecule has 0 aromatic heterocycles. The number of carbonyl (C=O) groups is 2. The summed E-state index contributed by atoms with van der Waals surface area (Å²) >= 11 is 0. The summed E-state index contributed by atoms with van der Waals surface area (Å²) in [5.74, 6) is -1.10. The van der Waals surface area contributed by atoms with Gasteiger partial charge in [0.1, 0.15) is 11.5 Å². The fraction of sp³-hybridized carbons (Fsp3) is 0.385. The normalized spacial score (nSPS) is 10.0. The van der Waals surface area contributed by atoms with Crippen LogP contribution in [0.25, 0.3) is 0 Å². The standard InChI is InChI=1S/C13H18N2O4/c1-3-14-12(18)8-15(4-2)13(19)10-7-9(16)5-6-11(10)17/h5-7,16-17H,3-4,8H2,1-2H3,(H,14,18). The van der Waals surface area contributed by atoms with Gasteiger partial charge in [-0.1, -0.05) is 0 Å². The Morgan fingerprint density at radius 3 is 2.53 bits per heavy atom. The van der Waals surface area contributed by atoms with Crippen molar-refractivity contribution in [2.45, 2.75) is 13.8 Å². The van der Waals surface area contributed by atoms with E-state index in [0.717, 1.165) is 0 Å². The van der Waals surface area contributed by atoms with E-state index in [1.165, 1.54) is 23.1 Å². The number of aromatic hydroxyl groups is 2. The van der Waals surface area contributed by atoms with E-state index in [-0.39, 0.29) is 29.5 Å². The van der Waals surface area contributed by atoms with E-state index in [1.807, 2.05) is 0 Å². The van der Waals surface area contributed by atoms with Crippen LogP contribution in [0.15, 0.2) is 18.2 Å². The predicted molar refractivity (Wildman–Crippen MR) is 70.0 cm³/mol. The van der Waals surface area contributed by atoms with Crippen LogP contribution in [-0.4, -0.2) is 46.6 Å². The van der Waals surface area contributed by atoms with Crippen LogP contribution in [0.4, 0.5) is 0 Å². The summed E-state index contributed by atoms with van der Waals surface area (Å²) < 4.78 is 0. The van der Waals surface area contributed by atoms with Crippen LogP contribution in [0.5, 0.6) is 11.5 Å². The number of nitrogens with one attached hydrogen (secondary N) is 1. The van der Waals surface area contributed by atoms with Crippen LogP contribution < -0.4 is 5.32 Å². The van der Waals surface area contributed by atoms with Gasteiger partial charge in [-0.2, -0.15) is 0 Å². The Kier molecular flexibility index (Phi) is 5.17. The van der Waals surface area contributed by atoms with Crippen molar-refractivity contribution >= 4 is 11.8 Å². The van der Waals surface area contributed by atoms with Crippen LogP contribution in [0, 0.1) is 0 Å². The minimum Gasteiger partial charge on any atom is -0.508 e. The summed E-state index contributed by atoms with van der Waals surface area (Å²) in [6, 6.07) is 3.70. The number of benzene rings is 1. The fourth-order valence-electron chi connectivity index (χ4n) is 1.62. The van der Waals surface area contributed by atoms with E-state index in [1.54, 1.807) is 13.8 Å². The van der Waals surface area contributed by atoms with Crippen LogP contribution in [0.2, 0.25) is 0 Å². The molecule has 1 rings (SSSR count). The molecule has 0 spiro atoms. The van der Waals surface area contributed by atoms with Gasteiger partial charge < -0.3 is 20.4 Å². The highest BCUT2D eigenvalue weighted by Crippen LogP contribution is 2.23. The molecular formula is C13H18N2O4. The molecule has 19 heavy (non-hydrogen) atoms. The van der Waals surface area contributed by atoms with Gasteiger partial charge in [0.05, 0.1) is 12.1 Å². The average Bonchev–Trinajstić information content (AvgIpc) is 2.38. The molecule has 0 saturated heterocycles. The minimum atomic E-state index is -0.498. The number of hydrogen-bond acceptors (Lipinski definition) is 4. The number of hydrogen-bond donors (Lipinski definition) is 3. The van der Waals surface area contributed by atoms with Crippen molar-refractivity contribution in [2.75, 3.05) is 19.6 Å². The minimum absolute atomic E-state index is 0.0221. The highest BCUT2D eigenvalue weighted by Gasteiger charge is 2.20. The maximum Gasteiger partial charge on any atom is 0.258 e. The molecule has 0 bridgehead atoms. The zero-order chi connectivity index (χ0) is 14.4. The molecule has 3 N–H and O–H groups in total. The largest absolute Gasteiger partial charge is 0.508 e. The third-order valence-corrected chi connectivity index (χ3v) is 2.59. The third kappa shape index (κ3) is 3.87. The Bertz CT molecular complexity index is 474. The van der Waals surface area contributed by atoms with E-state index in [4.69, 9.17) is 0 Å². The fourth-order valence-corrected chi connectivity index (χ4v) is 1.62. The van der Waals surface area contributed by atoms with Crippen LogP contribution in [0.1, 0.15) is 24.2 Å². The van der Waals surface area contributed by atoms with Crippen LogP contribution in [0.3, 0.4) is 0 Å². The Balaban J connectivity index is 2.89. The van der Waals surface area contributed by atoms with Crippen molar-refractivity contribution < 1.29 is 19.8 Å². The summed E-state index contributed by atoms with van der Waals surface area (Å²) in [5, 5.41) is 21.6. The Morgan fingerprint density at radius 1 is 1.26 bits per heavy atom. The first-order valence-corrected chi connectivity index (χ1v) is 6.07. The van der Waals surface area contributed by atoms with Gasteiger partial charge in [0, 0.05) is 13.1 Å². The molecule has 6 nitrogen and oxygen atoms in total. The van der Waals surface area contributed by atoms with Gasteiger partial charge in [-0.3, -0.25) is 9.59 Å². The van der Waals surface area contributed by atoms with Gasteiger partial charge in [-0.05, 0) is 32.0 Å². The van der Waals surface area contributed by atoms with Crippen molar-refractivity contribution in [3.63, 3.8) is 0 Å². The average molecular weight is 266 g/mol. The Hall–Kier alpha value is -2.24. The molecule has 6 heteroatoms. The molecule has 0 aliphatic heterocycles. The molecule has 0 aliphatic carbocycles. The first-order valence-electron chi connectivity index (χ1n) is 6.07. The lowest BCUT2D eigenvalue weighted by atomic mass is 10.1. The second-order valence-corrected chi connectivity index (χ2v) is 3.97. The molecule has 2 amide bonds. The lowest BCUT2D eigenvalue weighted by molar-refractivity contribution is -0.121. The summed E-state index contributed by atoms with van der Waals surface area (Å²) in [6.45, 7) is 4.25. The van der Waals surface area contributed by atoms with E-state index in [0.29, 0.717) is 13.1 Å². The molecular weight excluding hydrogens is 248 g/mol. The van der Waals surface area contributed by atoms with Crippen molar-refractivity contribution in [3.8, 4) is 11.5 Å². The molecule has 0 saturated carbocycles. The molecule has 0 fully saturated rings. The molecule has 0 aliphatic rings. The lowest BCUT2D eigenvalue weighted by Crippen LogP contribution is -2.40. The van der Waals surface area contributed by atoms with Crippen LogP contribution in [-0.2, 0) is 4.79 Å². The van der Waals surface area contributed by atoms with Gasteiger partial charge in [0.2, 0.25) is 5.91 Å². The number of phenolic OH excluding ortho intramolecular Hbond substituents is 2. The predicted octanol–water partition coefficient (Wildman–Crippen LogP) is 0.696. The SMILES string of the molecule is CCNC(=O)CN(CC)C(=O)c1cc(O)ccc1O. The molecule has 0 radical (unpaired) electrons. The van der Waals surface area contributed by atoms with E-state index in [9.17, 15) is 19.8 Å². The van der Waals surface area contributed by atoms with E-state index in [2.05, 4.69) is 5.32 Å². The van der Waals surface area contributed by atoms with E-state index < -0.39 is 5.91 Å². The zero-order valence-corrected chi connectivity index (χ0v) is 11.0.